The third kappa shape index (κ3) is 3.02. The van der Waals surface area contributed by atoms with Gasteiger partial charge in [0.2, 0.25) is 0 Å². The maximum absolute atomic E-state index is 12.6. The highest BCUT2D eigenvalue weighted by Gasteiger charge is 2.30. The molecule has 0 saturated heterocycles. The first-order chi connectivity index (χ1) is 11.7. The molecule has 1 aromatic heterocycles. The molecule has 1 amide bonds. The maximum atomic E-state index is 12.6. The minimum atomic E-state index is 0.0629. The highest BCUT2D eigenvalue weighted by atomic mass is 16.2. The van der Waals surface area contributed by atoms with Gasteiger partial charge in [0.05, 0.1) is 6.04 Å². The smallest absolute Gasteiger partial charge is 0.274 e. The van der Waals surface area contributed by atoms with Crippen molar-refractivity contribution in [3.63, 3.8) is 0 Å². The van der Waals surface area contributed by atoms with Crippen LogP contribution in [0.4, 0.5) is 0 Å². The van der Waals surface area contributed by atoms with E-state index >= 15 is 0 Å². The zero-order valence-corrected chi connectivity index (χ0v) is 14.7. The molecule has 1 atom stereocenters. The second kappa shape index (κ2) is 6.71. The van der Waals surface area contributed by atoms with E-state index in [0.29, 0.717) is 24.8 Å². The molecule has 0 N–H and O–H groups in total. The molecule has 5 heteroatoms. The van der Waals surface area contributed by atoms with E-state index in [2.05, 4.69) is 16.4 Å². The standard InChI is InChI=1S/C19H28N4O/c1-15-18-20-17(19(24)21-9-5-6-10-21)14-23(18)12-11-22(15)13-16-7-3-2-4-8-16/h5-6,14-16H,2-4,7-13H2,1H3. The molecule has 0 radical (unpaired) electrons. The van der Waals surface area contributed by atoms with E-state index in [0.717, 1.165) is 24.8 Å². The second-order valence-corrected chi connectivity index (χ2v) is 7.53. The highest BCUT2D eigenvalue weighted by molar-refractivity contribution is 5.92. The van der Waals surface area contributed by atoms with Gasteiger partial charge in [0.1, 0.15) is 11.5 Å². The van der Waals surface area contributed by atoms with E-state index in [-0.39, 0.29) is 5.91 Å². The Labute approximate surface area is 144 Å². The number of imidazole rings is 1. The van der Waals surface area contributed by atoms with E-state index in [1.165, 1.54) is 38.6 Å². The number of carbonyl (C=O) groups excluding carboxylic acids is 1. The number of fused-ring (bicyclic) bond motifs is 1. The lowest BCUT2D eigenvalue weighted by molar-refractivity contribution is 0.0794. The van der Waals surface area contributed by atoms with Gasteiger partial charge in [0.15, 0.2) is 0 Å². The molecule has 5 nitrogen and oxygen atoms in total. The maximum Gasteiger partial charge on any atom is 0.274 e. The molecule has 3 heterocycles. The predicted octanol–water partition coefficient (Wildman–Crippen LogP) is 2.85. The van der Waals surface area contributed by atoms with Gasteiger partial charge in [-0.25, -0.2) is 4.98 Å². The fraction of sp³-hybridized carbons (Fsp3) is 0.684. The lowest BCUT2D eigenvalue weighted by atomic mass is 9.88. The number of hydrogen-bond donors (Lipinski definition) is 0. The minimum absolute atomic E-state index is 0.0629. The summed E-state index contributed by atoms with van der Waals surface area (Å²) < 4.78 is 2.19. The quantitative estimate of drug-likeness (QED) is 0.801. The predicted molar refractivity (Wildman–Crippen MR) is 93.8 cm³/mol. The largest absolute Gasteiger partial charge is 0.331 e. The highest BCUT2D eigenvalue weighted by Crippen LogP contribution is 2.30. The van der Waals surface area contributed by atoms with Crippen molar-refractivity contribution >= 4 is 5.91 Å². The second-order valence-electron chi connectivity index (χ2n) is 7.53. The van der Waals surface area contributed by atoms with Crippen molar-refractivity contribution in [3.8, 4) is 0 Å². The molecule has 1 unspecified atom stereocenters. The Morgan fingerprint density at radius 2 is 1.92 bits per heavy atom. The lowest BCUT2D eigenvalue weighted by Crippen LogP contribution is -2.40. The van der Waals surface area contributed by atoms with Gasteiger partial charge in [-0.2, -0.15) is 0 Å². The van der Waals surface area contributed by atoms with Crippen molar-refractivity contribution in [2.24, 2.45) is 5.92 Å². The fourth-order valence-corrected chi connectivity index (χ4v) is 4.40. The molecule has 24 heavy (non-hydrogen) atoms. The van der Waals surface area contributed by atoms with Gasteiger partial charge in [-0.3, -0.25) is 9.69 Å². The molecular formula is C19H28N4O. The van der Waals surface area contributed by atoms with Crippen LogP contribution in [-0.2, 0) is 6.54 Å². The van der Waals surface area contributed by atoms with E-state index in [1.807, 2.05) is 23.2 Å². The summed E-state index contributed by atoms with van der Waals surface area (Å²) in [5, 5.41) is 0. The average molecular weight is 328 g/mol. The first-order valence-corrected chi connectivity index (χ1v) is 9.48. The van der Waals surface area contributed by atoms with Crippen molar-refractivity contribution in [1.29, 1.82) is 0 Å². The summed E-state index contributed by atoms with van der Waals surface area (Å²) in [5.74, 6) is 1.97. The van der Waals surface area contributed by atoms with Crippen LogP contribution in [-0.4, -0.2) is 51.4 Å². The lowest BCUT2D eigenvalue weighted by Gasteiger charge is -2.37. The Bertz CT molecular complexity index is 621. The number of carbonyl (C=O) groups is 1. The molecule has 0 bridgehead atoms. The van der Waals surface area contributed by atoms with Crippen molar-refractivity contribution in [2.75, 3.05) is 26.2 Å². The summed E-state index contributed by atoms with van der Waals surface area (Å²) >= 11 is 0. The van der Waals surface area contributed by atoms with E-state index in [4.69, 9.17) is 4.98 Å². The number of aromatic nitrogens is 2. The van der Waals surface area contributed by atoms with Crippen molar-refractivity contribution in [3.05, 3.63) is 29.9 Å². The Balaban J connectivity index is 1.46. The number of hydrogen-bond acceptors (Lipinski definition) is 3. The van der Waals surface area contributed by atoms with Gasteiger partial charge in [0.25, 0.3) is 5.91 Å². The Kier molecular flexibility index (Phi) is 4.44. The Morgan fingerprint density at radius 3 is 2.67 bits per heavy atom. The summed E-state index contributed by atoms with van der Waals surface area (Å²) in [6.45, 7) is 6.87. The normalized spacial score (nSPS) is 25.2. The van der Waals surface area contributed by atoms with Gasteiger partial charge in [-0.1, -0.05) is 31.4 Å². The van der Waals surface area contributed by atoms with Crippen LogP contribution in [0.3, 0.4) is 0 Å². The summed E-state index contributed by atoms with van der Waals surface area (Å²) in [5.41, 5.74) is 0.611. The summed E-state index contributed by atoms with van der Waals surface area (Å²) in [7, 11) is 0. The zero-order valence-electron chi connectivity index (χ0n) is 14.7. The molecule has 2 aliphatic heterocycles. The first kappa shape index (κ1) is 15.9. The van der Waals surface area contributed by atoms with E-state index in [9.17, 15) is 4.79 Å². The van der Waals surface area contributed by atoms with Crippen LogP contribution < -0.4 is 0 Å². The van der Waals surface area contributed by atoms with Crippen molar-refractivity contribution < 1.29 is 4.79 Å². The molecule has 4 rings (SSSR count). The van der Waals surface area contributed by atoms with Gasteiger partial charge in [0, 0.05) is 38.9 Å². The van der Waals surface area contributed by atoms with Gasteiger partial charge in [-0.05, 0) is 25.7 Å². The summed E-state index contributed by atoms with van der Waals surface area (Å²) in [6.07, 6.45) is 13.0. The number of nitrogens with zero attached hydrogens (tertiary/aromatic N) is 4. The molecule has 0 spiro atoms. The van der Waals surface area contributed by atoms with Crippen molar-refractivity contribution in [1.82, 2.24) is 19.4 Å². The van der Waals surface area contributed by atoms with E-state index < -0.39 is 0 Å². The van der Waals surface area contributed by atoms with Crippen LogP contribution in [0.15, 0.2) is 18.3 Å². The first-order valence-electron chi connectivity index (χ1n) is 9.48. The Hall–Kier alpha value is -1.62. The van der Waals surface area contributed by atoms with Gasteiger partial charge >= 0.3 is 0 Å². The molecule has 130 valence electrons. The third-order valence-electron chi connectivity index (χ3n) is 5.90. The van der Waals surface area contributed by atoms with Crippen LogP contribution in [0.1, 0.15) is 61.4 Å². The molecule has 1 fully saturated rings. The third-order valence-corrected chi connectivity index (χ3v) is 5.90. The molecular weight excluding hydrogens is 300 g/mol. The molecule has 3 aliphatic rings. The molecule has 1 aromatic rings. The van der Waals surface area contributed by atoms with Crippen LogP contribution in [0.25, 0.3) is 0 Å². The van der Waals surface area contributed by atoms with Gasteiger partial charge in [-0.15, -0.1) is 0 Å². The zero-order chi connectivity index (χ0) is 16.5. The number of rotatable bonds is 3. The molecule has 0 aromatic carbocycles. The monoisotopic (exact) mass is 328 g/mol. The van der Waals surface area contributed by atoms with E-state index in [1.54, 1.807) is 0 Å². The average Bonchev–Trinajstić information content (AvgIpc) is 3.27. The summed E-state index contributed by atoms with van der Waals surface area (Å²) in [6, 6.07) is 0.305. The van der Waals surface area contributed by atoms with Crippen LogP contribution in [0, 0.1) is 5.92 Å². The summed E-state index contributed by atoms with van der Waals surface area (Å²) in [4.78, 5) is 21.7. The minimum Gasteiger partial charge on any atom is -0.331 e. The van der Waals surface area contributed by atoms with Crippen molar-refractivity contribution in [2.45, 2.75) is 51.6 Å². The molecule has 1 aliphatic carbocycles. The fourth-order valence-electron chi connectivity index (χ4n) is 4.40. The Morgan fingerprint density at radius 1 is 1.17 bits per heavy atom. The SMILES string of the molecule is CC1c2nc(C(=O)N3CC=CC3)cn2CCN1CC1CCCCC1. The van der Waals surface area contributed by atoms with Crippen LogP contribution in [0.5, 0.6) is 0 Å². The molecule has 1 saturated carbocycles. The van der Waals surface area contributed by atoms with Gasteiger partial charge < -0.3 is 9.47 Å². The number of amides is 1. The topological polar surface area (TPSA) is 41.4 Å². The van der Waals surface area contributed by atoms with Crippen LogP contribution >= 0.6 is 0 Å². The van der Waals surface area contributed by atoms with Crippen LogP contribution in [0.2, 0.25) is 0 Å².